The number of ether oxygens (including phenoxy) is 2. The molecule has 0 aliphatic heterocycles. The van der Waals surface area contributed by atoms with E-state index in [2.05, 4.69) is 0 Å². The van der Waals surface area contributed by atoms with Gasteiger partial charge >= 0.3 is 11.9 Å². The number of benzene rings is 2. The van der Waals surface area contributed by atoms with Gasteiger partial charge in [0.1, 0.15) is 6.10 Å². The van der Waals surface area contributed by atoms with Gasteiger partial charge < -0.3 is 9.47 Å². The van der Waals surface area contributed by atoms with Gasteiger partial charge in [-0.1, -0.05) is 81.4 Å². The van der Waals surface area contributed by atoms with Crippen molar-refractivity contribution < 1.29 is 19.1 Å². The molecule has 2 unspecified atom stereocenters. The van der Waals surface area contributed by atoms with E-state index in [4.69, 9.17) is 9.47 Å². The summed E-state index contributed by atoms with van der Waals surface area (Å²) in [4.78, 5) is 22.7. The van der Waals surface area contributed by atoms with E-state index in [9.17, 15) is 9.59 Å². The summed E-state index contributed by atoms with van der Waals surface area (Å²) in [7, 11) is 0. The molecule has 166 valence electrons. The van der Waals surface area contributed by atoms with Crippen molar-refractivity contribution in [1.29, 1.82) is 0 Å². The smallest absolute Gasteiger partial charge is 0.331 e. The lowest BCUT2D eigenvalue weighted by atomic mass is 10.1. The van der Waals surface area contributed by atoms with Crippen LogP contribution in [0.15, 0.2) is 72.8 Å². The van der Waals surface area contributed by atoms with Crippen LogP contribution in [-0.2, 0) is 19.1 Å². The first-order valence-corrected chi connectivity index (χ1v) is 10.7. The van der Waals surface area contributed by atoms with E-state index in [1.807, 2.05) is 95.3 Å². The quantitative estimate of drug-likeness (QED) is 0.368. The van der Waals surface area contributed by atoms with Crippen LogP contribution in [0.3, 0.4) is 0 Å². The number of esters is 2. The summed E-state index contributed by atoms with van der Waals surface area (Å²) < 4.78 is 10.3. The van der Waals surface area contributed by atoms with Crippen LogP contribution in [-0.4, -0.2) is 24.1 Å². The fraction of sp³-hybridized carbons (Fsp3) is 0.333. The second-order valence-electron chi connectivity index (χ2n) is 7.53. The Morgan fingerprint density at radius 1 is 0.742 bits per heavy atom. The fourth-order valence-electron chi connectivity index (χ4n) is 2.14. The van der Waals surface area contributed by atoms with E-state index < -0.39 is 0 Å². The van der Waals surface area contributed by atoms with Crippen LogP contribution in [0.25, 0.3) is 12.2 Å². The van der Waals surface area contributed by atoms with Crippen molar-refractivity contribution in [3.63, 3.8) is 0 Å². The van der Waals surface area contributed by atoms with Crippen LogP contribution in [0.1, 0.15) is 52.2 Å². The first-order valence-electron chi connectivity index (χ1n) is 10.7. The normalized spacial score (nSPS) is 12.8. The molecule has 0 fully saturated rings. The molecule has 0 amide bonds. The summed E-state index contributed by atoms with van der Waals surface area (Å²) in [6, 6.07) is 19.4. The van der Waals surface area contributed by atoms with Crippen molar-refractivity contribution >= 4 is 24.1 Å². The van der Waals surface area contributed by atoms with Crippen LogP contribution >= 0.6 is 0 Å². The zero-order valence-electron chi connectivity index (χ0n) is 19.2. The lowest BCUT2D eigenvalue weighted by Gasteiger charge is -2.14. The van der Waals surface area contributed by atoms with Crippen LogP contribution in [0, 0.1) is 5.92 Å². The third kappa shape index (κ3) is 12.2. The van der Waals surface area contributed by atoms with Gasteiger partial charge in [0, 0.05) is 12.2 Å². The van der Waals surface area contributed by atoms with Gasteiger partial charge in [-0.3, -0.25) is 0 Å². The van der Waals surface area contributed by atoms with Crippen LogP contribution in [0.2, 0.25) is 0 Å². The Bertz CT molecular complexity index is 823. The summed E-state index contributed by atoms with van der Waals surface area (Å²) in [6.07, 6.45) is 7.21. The largest absolute Gasteiger partial charge is 0.460 e. The maximum absolute atomic E-state index is 11.4. The van der Waals surface area contributed by atoms with E-state index in [1.165, 1.54) is 12.2 Å². The lowest BCUT2D eigenvalue weighted by molar-refractivity contribution is -0.144. The molecule has 4 nitrogen and oxygen atoms in total. The lowest BCUT2D eigenvalue weighted by Crippen LogP contribution is -2.18. The zero-order chi connectivity index (χ0) is 23.1. The maximum Gasteiger partial charge on any atom is 0.331 e. The monoisotopic (exact) mass is 422 g/mol. The Kier molecular flexibility index (Phi) is 12.3. The van der Waals surface area contributed by atoms with Crippen molar-refractivity contribution in [2.24, 2.45) is 5.92 Å². The molecule has 2 rings (SSSR count). The van der Waals surface area contributed by atoms with Gasteiger partial charge in [-0.25, -0.2) is 9.59 Å². The minimum Gasteiger partial charge on any atom is -0.460 e. The second kappa shape index (κ2) is 14.8. The highest BCUT2D eigenvalue weighted by molar-refractivity contribution is 5.87. The molecular weight excluding hydrogens is 388 g/mol. The first kappa shape index (κ1) is 25.9. The minimum atomic E-state index is -0.287. The first-order chi connectivity index (χ1) is 14.8. The third-order valence-corrected chi connectivity index (χ3v) is 4.56. The molecule has 0 aliphatic rings. The Labute approximate surface area is 186 Å². The number of hydrogen-bond acceptors (Lipinski definition) is 4. The molecule has 0 bridgehead atoms. The Hall–Kier alpha value is -3.14. The second-order valence-corrected chi connectivity index (χ2v) is 7.53. The Morgan fingerprint density at radius 2 is 1.16 bits per heavy atom. The highest BCUT2D eigenvalue weighted by Crippen LogP contribution is 2.07. The average molecular weight is 423 g/mol. The van der Waals surface area contributed by atoms with Gasteiger partial charge in [-0.15, -0.1) is 0 Å². The molecule has 2 aromatic rings. The van der Waals surface area contributed by atoms with E-state index in [0.717, 1.165) is 17.5 Å². The van der Waals surface area contributed by atoms with E-state index in [1.54, 1.807) is 12.2 Å². The molecule has 0 radical (unpaired) electrons. The van der Waals surface area contributed by atoms with Gasteiger partial charge in [0.05, 0.1) is 6.10 Å². The van der Waals surface area contributed by atoms with Gasteiger partial charge in [0.15, 0.2) is 0 Å². The number of carbonyl (C=O) groups excluding carboxylic acids is 2. The summed E-state index contributed by atoms with van der Waals surface area (Å²) in [5.74, 6) is -0.229. The molecule has 0 N–H and O–H groups in total. The Morgan fingerprint density at radius 3 is 1.55 bits per heavy atom. The van der Waals surface area contributed by atoms with Gasteiger partial charge in [-0.2, -0.15) is 0 Å². The average Bonchev–Trinajstić information content (AvgIpc) is 2.78. The number of carbonyl (C=O) groups is 2. The molecule has 0 aromatic heterocycles. The van der Waals surface area contributed by atoms with Gasteiger partial charge in [0.25, 0.3) is 0 Å². The molecule has 0 heterocycles. The minimum absolute atomic E-state index is 0.0158. The standard InChI is InChI=1S/C14H18O2.C13H16O2/c1-11(2)12(3)16-14(15)10-9-13-7-5-4-6-8-13;1-3-11(2)15-13(14)10-9-12-7-5-4-6-8-12/h4-12H,1-3H3;4-11H,3H2,1-2H3/b2*10-9-. The van der Waals surface area contributed by atoms with E-state index >= 15 is 0 Å². The molecule has 0 aliphatic carbocycles. The predicted octanol–water partition coefficient (Wildman–Crippen LogP) is 6.33. The van der Waals surface area contributed by atoms with Crippen molar-refractivity contribution in [3.05, 3.63) is 83.9 Å². The maximum atomic E-state index is 11.4. The molecular formula is C27H34O4. The van der Waals surface area contributed by atoms with Crippen molar-refractivity contribution in [2.75, 3.05) is 0 Å². The predicted molar refractivity (Wildman–Crippen MR) is 127 cm³/mol. The molecule has 2 atom stereocenters. The summed E-state index contributed by atoms with van der Waals surface area (Å²) in [6.45, 7) is 9.82. The van der Waals surface area contributed by atoms with Crippen LogP contribution in [0.5, 0.6) is 0 Å². The number of hydrogen-bond donors (Lipinski definition) is 0. The fourth-order valence-corrected chi connectivity index (χ4v) is 2.14. The number of rotatable bonds is 8. The molecule has 4 heteroatoms. The van der Waals surface area contributed by atoms with Crippen LogP contribution in [0.4, 0.5) is 0 Å². The van der Waals surface area contributed by atoms with E-state index in [0.29, 0.717) is 5.92 Å². The van der Waals surface area contributed by atoms with E-state index in [-0.39, 0.29) is 24.1 Å². The third-order valence-electron chi connectivity index (χ3n) is 4.56. The Balaban J connectivity index is 0.000000311. The molecule has 2 aromatic carbocycles. The molecule has 31 heavy (non-hydrogen) atoms. The summed E-state index contributed by atoms with van der Waals surface area (Å²) >= 11 is 0. The van der Waals surface area contributed by atoms with Crippen molar-refractivity contribution in [2.45, 2.75) is 53.2 Å². The molecule has 0 saturated carbocycles. The molecule has 0 spiro atoms. The summed E-state index contributed by atoms with van der Waals surface area (Å²) in [5.41, 5.74) is 2.00. The van der Waals surface area contributed by atoms with Crippen LogP contribution < -0.4 is 0 Å². The molecule has 0 saturated heterocycles. The topological polar surface area (TPSA) is 52.6 Å². The summed E-state index contributed by atoms with van der Waals surface area (Å²) in [5, 5.41) is 0. The zero-order valence-corrected chi connectivity index (χ0v) is 19.2. The highest BCUT2D eigenvalue weighted by atomic mass is 16.5. The van der Waals surface area contributed by atoms with Crippen molar-refractivity contribution in [1.82, 2.24) is 0 Å². The van der Waals surface area contributed by atoms with Crippen molar-refractivity contribution in [3.8, 4) is 0 Å². The highest BCUT2D eigenvalue weighted by Gasteiger charge is 2.10. The SMILES string of the molecule is CC(C)C(C)OC(=O)/C=C\c1ccccc1.CCC(C)OC(=O)/C=C\c1ccccc1. The van der Waals surface area contributed by atoms with Gasteiger partial charge in [0.2, 0.25) is 0 Å². The van der Waals surface area contributed by atoms with Gasteiger partial charge in [-0.05, 0) is 49.5 Å².